The second-order valence-corrected chi connectivity index (χ2v) is 8.38. The summed E-state index contributed by atoms with van der Waals surface area (Å²) in [4.78, 5) is 34.6. The lowest BCUT2D eigenvalue weighted by Gasteiger charge is -2.26. The number of nitrogens with zero attached hydrogens (tertiary/aromatic N) is 3. The van der Waals surface area contributed by atoms with Crippen molar-refractivity contribution in [1.29, 1.82) is 0 Å². The highest BCUT2D eigenvalue weighted by Crippen LogP contribution is 2.30. The van der Waals surface area contributed by atoms with Crippen LogP contribution in [-0.4, -0.2) is 55.0 Å². The van der Waals surface area contributed by atoms with Crippen molar-refractivity contribution in [3.8, 4) is 0 Å². The topological polar surface area (TPSA) is 74.8 Å². The smallest absolute Gasteiger partial charge is 0.255 e. The molecule has 2 aliphatic rings. The molecule has 1 saturated heterocycles. The maximum atomic E-state index is 12.9. The molecule has 28 heavy (non-hydrogen) atoms. The molecular formula is C20H24N4O3S. The van der Waals surface area contributed by atoms with Crippen LogP contribution in [0.3, 0.4) is 0 Å². The van der Waals surface area contributed by atoms with Crippen LogP contribution in [0.5, 0.6) is 0 Å². The van der Waals surface area contributed by atoms with Crippen LogP contribution in [0.2, 0.25) is 0 Å². The highest BCUT2D eigenvalue weighted by atomic mass is 32.1. The number of aromatic nitrogens is 1. The molecule has 0 saturated carbocycles. The maximum absolute atomic E-state index is 12.9. The first-order valence-electron chi connectivity index (χ1n) is 9.49. The van der Waals surface area contributed by atoms with Crippen molar-refractivity contribution in [3.05, 3.63) is 40.4 Å². The number of amides is 2. The zero-order valence-electron chi connectivity index (χ0n) is 16.1. The van der Waals surface area contributed by atoms with Crippen LogP contribution in [0, 0.1) is 0 Å². The normalized spacial score (nSPS) is 18.6. The number of carbonyl (C=O) groups is 2. The molecule has 7 nitrogen and oxygen atoms in total. The quantitative estimate of drug-likeness (QED) is 0.854. The fraction of sp³-hybridized carbons (Fsp3) is 0.450. The van der Waals surface area contributed by atoms with Gasteiger partial charge in [0, 0.05) is 49.8 Å². The fourth-order valence-corrected chi connectivity index (χ4v) is 4.52. The molecule has 0 aliphatic carbocycles. The molecule has 1 fully saturated rings. The predicted molar refractivity (Wildman–Crippen MR) is 109 cm³/mol. The van der Waals surface area contributed by atoms with E-state index in [0.29, 0.717) is 36.8 Å². The van der Waals surface area contributed by atoms with Crippen LogP contribution >= 0.6 is 11.3 Å². The maximum Gasteiger partial charge on any atom is 0.255 e. The van der Waals surface area contributed by atoms with E-state index in [-0.39, 0.29) is 17.9 Å². The summed E-state index contributed by atoms with van der Waals surface area (Å²) in [5.41, 5.74) is 2.66. The molecule has 1 aromatic carbocycles. The molecule has 2 aliphatic heterocycles. The second kappa shape index (κ2) is 7.89. The van der Waals surface area contributed by atoms with E-state index in [1.54, 1.807) is 0 Å². The van der Waals surface area contributed by atoms with Crippen LogP contribution in [0.15, 0.2) is 24.3 Å². The first-order valence-corrected chi connectivity index (χ1v) is 10.3. The Morgan fingerprint density at radius 3 is 2.96 bits per heavy atom. The minimum Gasteiger partial charge on any atom is -0.378 e. The molecule has 2 amide bonds. The lowest BCUT2D eigenvalue weighted by Crippen LogP contribution is -2.35. The molecule has 1 aromatic heterocycles. The Hall–Kier alpha value is -2.45. The van der Waals surface area contributed by atoms with Crippen molar-refractivity contribution >= 4 is 34.0 Å². The molecule has 148 valence electrons. The monoisotopic (exact) mass is 400 g/mol. The molecular weight excluding hydrogens is 376 g/mol. The van der Waals surface area contributed by atoms with Crippen molar-refractivity contribution in [2.24, 2.45) is 0 Å². The van der Waals surface area contributed by atoms with Gasteiger partial charge in [0.25, 0.3) is 11.8 Å². The Morgan fingerprint density at radius 1 is 1.36 bits per heavy atom. The molecule has 2 aromatic rings. The van der Waals surface area contributed by atoms with Gasteiger partial charge in [-0.2, -0.15) is 0 Å². The highest BCUT2D eigenvalue weighted by Gasteiger charge is 2.28. The molecule has 8 heteroatoms. The Morgan fingerprint density at radius 2 is 2.21 bits per heavy atom. The number of hydrogen-bond acceptors (Lipinski definition) is 6. The summed E-state index contributed by atoms with van der Waals surface area (Å²) in [6.07, 6.45) is 1.99. The van der Waals surface area contributed by atoms with Gasteiger partial charge in [-0.1, -0.05) is 17.4 Å². The summed E-state index contributed by atoms with van der Waals surface area (Å²) in [6, 6.07) is 7.66. The minimum atomic E-state index is -0.372. The third-order valence-corrected chi connectivity index (χ3v) is 6.08. The van der Waals surface area contributed by atoms with Crippen LogP contribution in [0.1, 0.15) is 33.8 Å². The van der Waals surface area contributed by atoms with Gasteiger partial charge in [-0.25, -0.2) is 4.98 Å². The van der Waals surface area contributed by atoms with Gasteiger partial charge in [0.15, 0.2) is 5.13 Å². The second-order valence-electron chi connectivity index (χ2n) is 7.30. The highest BCUT2D eigenvalue weighted by molar-refractivity contribution is 7.15. The van der Waals surface area contributed by atoms with E-state index in [1.165, 1.54) is 11.3 Å². The van der Waals surface area contributed by atoms with Gasteiger partial charge >= 0.3 is 0 Å². The first kappa shape index (κ1) is 18.9. The van der Waals surface area contributed by atoms with E-state index >= 15 is 0 Å². The number of fused-ring (bicyclic) bond motifs is 1. The summed E-state index contributed by atoms with van der Waals surface area (Å²) in [6.45, 7) is 1.78. The lowest BCUT2D eigenvalue weighted by molar-refractivity contribution is -0.124. The van der Waals surface area contributed by atoms with E-state index in [9.17, 15) is 9.59 Å². The van der Waals surface area contributed by atoms with Crippen molar-refractivity contribution < 1.29 is 14.3 Å². The Bertz CT molecular complexity index is 889. The van der Waals surface area contributed by atoms with E-state index in [2.05, 4.69) is 10.3 Å². The van der Waals surface area contributed by atoms with Gasteiger partial charge < -0.3 is 14.5 Å². The number of thiazole rings is 1. The van der Waals surface area contributed by atoms with Crippen LogP contribution in [0.25, 0.3) is 0 Å². The van der Waals surface area contributed by atoms with Gasteiger partial charge in [0.05, 0.1) is 12.2 Å². The first-order chi connectivity index (χ1) is 13.5. The summed E-state index contributed by atoms with van der Waals surface area (Å²) in [5.74, 6) is -0.107. The van der Waals surface area contributed by atoms with Crippen LogP contribution < -0.4 is 10.2 Å². The summed E-state index contributed by atoms with van der Waals surface area (Å²) < 4.78 is 5.42. The third kappa shape index (κ3) is 3.88. The van der Waals surface area contributed by atoms with Crippen LogP contribution in [-0.2, 0) is 22.5 Å². The third-order valence-electron chi connectivity index (χ3n) is 5.08. The molecule has 0 spiro atoms. The van der Waals surface area contributed by atoms with Crippen LogP contribution in [0.4, 0.5) is 10.8 Å². The Balaban J connectivity index is 1.44. The fourth-order valence-electron chi connectivity index (χ4n) is 3.49. The number of hydrogen-bond donors (Lipinski definition) is 1. The number of rotatable bonds is 4. The molecule has 3 heterocycles. The molecule has 0 bridgehead atoms. The number of nitrogens with one attached hydrogen (secondary N) is 1. The van der Waals surface area contributed by atoms with E-state index < -0.39 is 0 Å². The summed E-state index contributed by atoms with van der Waals surface area (Å²) in [7, 11) is 3.92. The molecule has 0 radical (unpaired) electrons. The van der Waals surface area contributed by atoms with Crippen molar-refractivity contribution in [1.82, 2.24) is 9.88 Å². The molecule has 1 unspecified atom stereocenters. The number of ether oxygens (including phenoxy) is 1. The lowest BCUT2D eigenvalue weighted by atomic mass is 10.1. The predicted octanol–water partition coefficient (Wildman–Crippen LogP) is 2.53. The van der Waals surface area contributed by atoms with Gasteiger partial charge in [-0.15, -0.1) is 0 Å². The summed E-state index contributed by atoms with van der Waals surface area (Å²) in [5, 5.41) is 3.46. The molecule has 1 N–H and O–H groups in total. The van der Waals surface area contributed by atoms with Crippen molar-refractivity contribution in [3.63, 3.8) is 0 Å². The largest absolute Gasteiger partial charge is 0.378 e. The average molecular weight is 401 g/mol. The minimum absolute atomic E-state index is 0.0210. The zero-order chi connectivity index (χ0) is 19.7. The van der Waals surface area contributed by atoms with Crippen molar-refractivity contribution in [2.45, 2.75) is 31.9 Å². The van der Waals surface area contributed by atoms with Gasteiger partial charge in [-0.05, 0) is 31.0 Å². The standard InChI is InChI=1S/C20H24N4O3S/c1-23(2)14-6-3-5-13(11-14)19(26)24-9-8-15-17(12-24)28-20(21-15)22-18(25)16-7-4-10-27-16/h3,5-6,11,16H,4,7-10,12H2,1-2H3,(H,21,22,25). The van der Waals surface area contributed by atoms with Gasteiger partial charge in [0.2, 0.25) is 0 Å². The Labute approximate surface area is 168 Å². The molecule has 4 rings (SSSR count). The summed E-state index contributed by atoms with van der Waals surface area (Å²) >= 11 is 1.45. The number of benzene rings is 1. The van der Waals surface area contributed by atoms with E-state index in [4.69, 9.17) is 4.74 Å². The zero-order valence-corrected chi connectivity index (χ0v) is 16.9. The van der Waals surface area contributed by atoms with E-state index in [1.807, 2.05) is 48.2 Å². The van der Waals surface area contributed by atoms with Gasteiger partial charge in [-0.3, -0.25) is 14.9 Å². The van der Waals surface area contributed by atoms with Crippen molar-refractivity contribution in [2.75, 3.05) is 37.5 Å². The number of carbonyl (C=O) groups excluding carboxylic acids is 2. The SMILES string of the molecule is CN(C)c1cccc(C(=O)N2CCc3nc(NC(=O)C4CCCO4)sc3C2)c1. The Kier molecular flexibility index (Phi) is 5.32. The molecule has 1 atom stereocenters. The van der Waals surface area contributed by atoms with Gasteiger partial charge in [0.1, 0.15) is 6.10 Å². The van der Waals surface area contributed by atoms with E-state index in [0.717, 1.165) is 29.1 Å². The number of anilines is 2. The average Bonchev–Trinajstić information content (AvgIpc) is 3.36.